The highest BCUT2D eigenvalue weighted by atomic mass is 35.5. The number of aromatic nitrogens is 2. The summed E-state index contributed by atoms with van der Waals surface area (Å²) >= 11 is 6.05. The van der Waals surface area contributed by atoms with Crippen molar-refractivity contribution in [2.45, 2.75) is 20.3 Å². The van der Waals surface area contributed by atoms with Crippen LogP contribution in [-0.2, 0) is 7.05 Å². The van der Waals surface area contributed by atoms with Crippen molar-refractivity contribution in [3.63, 3.8) is 0 Å². The number of hydrogen-bond donors (Lipinski definition) is 0. The number of carbonyl (C=O) groups excluding carboxylic acids is 1. The molecule has 1 fully saturated rings. The maximum atomic E-state index is 12.3. The topological polar surface area (TPSA) is 38.1 Å². The molecule has 0 N–H and O–H groups in total. The molecular formula is C12H18ClN3O. The number of amides is 1. The van der Waals surface area contributed by atoms with Crippen LogP contribution < -0.4 is 0 Å². The molecule has 0 aliphatic carbocycles. The third-order valence-corrected chi connectivity index (χ3v) is 3.70. The highest BCUT2D eigenvalue weighted by molar-refractivity contribution is 6.32. The lowest BCUT2D eigenvalue weighted by atomic mass is 9.91. The van der Waals surface area contributed by atoms with Crippen molar-refractivity contribution in [3.8, 4) is 0 Å². The van der Waals surface area contributed by atoms with E-state index in [0.717, 1.165) is 13.1 Å². The van der Waals surface area contributed by atoms with Gasteiger partial charge in [-0.1, -0.05) is 25.4 Å². The molecule has 94 valence electrons. The second kappa shape index (κ2) is 4.69. The number of carbonyl (C=O) groups is 1. The minimum atomic E-state index is 0.00139. The van der Waals surface area contributed by atoms with Gasteiger partial charge in [0.15, 0.2) is 0 Å². The maximum absolute atomic E-state index is 12.3. The monoisotopic (exact) mass is 255 g/mol. The van der Waals surface area contributed by atoms with Gasteiger partial charge in [-0.3, -0.25) is 9.48 Å². The van der Waals surface area contributed by atoms with Crippen LogP contribution in [0.1, 0.15) is 30.6 Å². The van der Waals surface area contributed by atoms with Crippen LogP contribution in [0.2, 0.25) is 5.15 Å². The highest BCUT2D eigenvalue weighted by Gasteiger charge is 2.28. The van der Waals surface area contributed by atoms with Gasteiger partial charge in [0, 0.05) is 20.1 Å². The Bertz CT molecular complexity index is 419. The molecule has 4 nitrogen and oxygen atoms in total. The Kier molecular flexibility index (Phi) is 3.43. The van der Waals surface area contributed by atoms with E-state index in [1.807, 2.05) is 4.90 Å². The number of likely N-dealkylation sites (tertiary alicyclic amines) is 1. The first-order valence-electron chi connectivity index (χ1n) is 5.95. The van der Waals surface area contributed by atoms with Crippen LogP contribution in [0.15, 0.2) is 6.20 Å². The predicted molar refractivity (Wildman–Crippen MR) is 67.1 cm³/mol. The van der Waals surface area contributed by atoms with Gasteiger partial charge in [0.05, 0.1) is 11.8 Å². The molecule has 1 aliphatic heterocycles. The second-order valence-corrected chi connectivity index (χ2v) is 5.49. The van der Waals surface area contributed by atoms with Gasteiger partial charge in [0.2, 0.25) is 0 Å². The average Bonchev–Trinajstić information content (AvgIpc) is 2.57. The number of nitrogens with zero attached hydrogens (tertiary/aromatic N) is 3. The number of hydrogen-bond acceptors (Lipinski definition) is 2. The van der Waals surface area contributed by atoms with Gasteiger partial charge in [-0.05, 0) is 18.3 Å². The molecular weight excluding hydrogens is 238 g/mol. The molecule has 5 heteroatoms. The van der Waals surface area contributed by atoms with Crippen LogP contribution in [-0.4, -0.2) is 33.7 Å². The van der Waals surface area contributed by atoms with Crippen molar-refractivity contribution in [1.29, 1.82) is 0 Å². The van der Waals surface area contributed by atoms with Crippen molar-refractivity contribution in [1.82, 2.24) is 14.7 Å². The van der Waals surface area contributed by atoms with Crippen LogP contribution in [0, 0.1) is 11.8 Å². The first-order chi connectivity index (χ1) is 7.99. The third kappa shape index (κ3) is 2.46. The Hall–Kier alpha value is -1.03. The van der Waals surface area contributed by atoms with Crippen LogP contribution in [0.4, 0.5) is 0 Å². The Balaban J connectivity index is 2.17. The molecule has 1 saturated heterocycles. The summed E-state index contributed by atoms with van der Waals surface area (Å²) in [6, 6.07) is 0. The highest BCUT2D eigenvalue weighted by Crippen LogP contribution is 2.24. The molecule has 0 saturated carbocycles. The lowest BCUT2D eigenvalue weighted by Gasteiger charge is -2.34. The van der Waals surface area contributed by atoms with Crippen molar-refractivity contribution in [2.24, 2.45) is 18.9 Å². The van der Waals surface area contributed by atoms with Crippen LogP contribution >= 0.6 is 11.6 Å². The van der Waals surface area contributed by atoms with Crippen molar-refractivity contribution < 1.29 is 4.79 Å². The minimum absolute atomic E-state index is 0.00139. The van der Waals surface area contributed by atoms with E-state index in [2.05, 4.69) is 18.9 Å². The Morgan fingerprint density at radius 2 is 2.00 bits per heavy atom. The number of halogens is 1. The van der Waals surface area contributed by atoms with Crippen LogP contribution in [0.25, 0.3) is 0 Å². The summed E-state index contributed by atoms with van der Waals surface area (Å²) < 4.78 is 1.52. The molecule has 0 radical (unpaired) electrons. The molecule has 2 heterocycles. The summed E-state index contributed by atoms with van der Waals surface area (Å²) in [7, 11) is 1.74. The summed E-state index contributed by atoms with van der Waals surface area (Å²) in [5, 5.41) is 4.42. The second-order valence-electron chi connectivity index (χ2n) is 5.13. The van der Waals surface area contributed by atoms with Gasteiger partial charge in [-0.25, -0.2) is 0 Å². The van der Waals surface area contributed by atoms with E-state index in [0.29, 0.717) is 22.6 Å². The zero-order valence-corrected chi connectivity index (χ0v) is 11.2. The van der Waals surface area contributed by atoms with Crippen LogP contribution in [0.3, 0.4) is 0 Å². The normalized spacial score (nSPS) is 25.1. The molecule has 2 rings (SSSR count). The summed E-state index contributed by atoms with van der Waals surface area (Å²) in [5.41, 5.74) is 0.510. The standard InChI is InChI=1S/C12H18ClN3O/c1-8-4-9(2)7-16(6-8)12(17)10-5-14-15(3)11(10)13/h5,8-9H,4,6-7H2,1-3H3/t8-,9+. The Labute approximate surface area is 107 Å². The molecule has 1 aromatic heterocycles. The fourth-order valence-electron chi connectivity index (χ4n) is 2.57. The quantitative estimate of drug-likeness (QED) is 0.772. The van der Waals surface area contributed by atoms with Gasteiger partial charge in [-0.2, -0.15) is 5.10 Å². The lowest BCUT2D eigenvalue weighted by molar-refractivity contribution is 0.0623. The lowest BCUT2D eigenvalue weighted by Crippen LogP contribution is -2.42. The largest absolute Gasteiger partial charge is 0.338 e. The van der Waals surface area contributed by atoms with E-state index in [4.69, 9.17) is 11.6 Å². The van der Waals surface area contributed by atoms with Gasteiger partial charge in [-0.15, -0.1) is 0 Å². The molecule has 0 aromatic carbocycles. The molecule has 0 unspecified atom stereocenters. The fraction of sp³-hybridized carbons (Fsp3) is 0.667. The summed E-state index contributed by atoms with van der Waals surface area (Å²) in [6.45, 7) is 5.99. The van der Waals surface area contributed by atoms with E-state index in [-0.39, 0.29) is 5.91 Å². The molecule has 0 bridgehead atoms. The Morgan fingerprint density at radius 1 is 1.41 bits per heavy atom. The molecule has 17 heavy (non-hydrogen) atoms. The molecule has 0 spiro atoms. The van der Waals surface area contributed by atoms with Gasteiger partial charge >= 0.3 is 0 Å². The van der Waals surface area contributed by atoms with Crippen molar-refractivity contribution >= 4 is 17.5 Å². The number of piperidine rings is 1. The van der Waals surface area contributed by atoms with E-state index in [1.54, 1.807) is 13.2 Å². The molecule has 1 amide bonds. The Morgan fingerprint density at radius 3 is 2.47 bits per heavy atom. The first-order valence-corrected chi connectivity index (χ1v) is 6.33. The van der Waals surface area contributed by atoms with Crippen LogP contribution in [0.5, 0.6) is 0 Å². The zero-order valence-electron chi connectivity index (χ0n) is 10.5. The van der Waals surface area contributed by atoms with Gasteiger partial charge in [0.1, 0.15) is 5.15 Å². The van der Waals surface area contributed by atoms with Gasteiger partial charge < -0.3 is 4.90 Å². The van der Waals surface area contributed by atoms with E-state index >= 15 is 0 Å². The third-order valence-electron chi connectivity index (χ3n) is 3.25. The number of aryl methyl sites for hydroxylation is 1. The van der Waals surface area contributed by atoms with Gasteiger partial charge in [0.25, 0.3) is 5.91 Å². The summed E-state index contributed by atoms with van der Waals surface area (Å²) in [6.07, 6.45) is 2.74. The smallest absolute Gasteiger partial charge is 0.258 e. The predicted octanol–water partition coefficient (Wildman–Crippen LogP) is 2.19. The maximum Gasteiger partial charge on any atom is 0.258 e. The number of rotatable bonds is 1. The van der Waals surface area contributed by atoms with Crippen molar-refractivity contribution in [3.05, 3.63) is 16.9 Å². The minimum Gasteiger partial charge on any atom is -0.338 e. The molecule has 1 aliphatic rings. The summed E-state index contributed by atoms with van der Waals surface area (Å²) in [4.78, 5) is 14.2. The zero-order chi connectivity index (χ0) is 12.6. The van der Waals surface area contributed by atoms with Crippen molar-refractivity contribution in [2.75, 3.05) is 13.1 Å². The van der Waals surface area contributed by atoms with E-state index in [1.165, 1.54) is 11.1 Å². The SMILES string of the molecule is C[C@@H]1C[C@H](C)CN(C(=O)c2cnn(C)c2Cl)C1. The summed E-state index contributed by atoms with van der Waals surface area (Å²) in [5.74, 6) is 1.11. The van der Waals surface area contributed by atoms with E-state index < -0.39 is 0 Å². The molecule has 1 aromatic rings. The first kappa shape index (κ1) is 12.4. The fourth-order valence-corrected chi connectivity index (χ4v) is 2.74. The van der Waals surface area contributed by atoms with E-state index in [9.17, 15) is 4.79 Å². The average molecular weight is 256 g/mol. The molecule has 2 atom stereocenters.